The number of carbonyl (C=O) groups excluding carboxylic acids is 2. The summed E-state index contributed by atoms with van der Waals surface area (Å²) in [7, 11) is 0. The van der Waals surface area contributed by atoms with E-state index in [1.165, 1.54) is 4.90 Å². The maximum atomic E-state index is 13.7. The van der Waals surface area contributed by atoms with Crippen molar-refractivity contribution in [3.05, 3.63) is 60.2 Å². The molecular formula is C23H25N3O3. The maximum Gasteiger partial charge on any atom is 0.256 e. The van der Waals surface area contributed by atoms with Gasteiger partial charge < -0.3 is 4.74 Å². The van der Waals surface area contributed by atoms with E-state index < -0.39 is 11.5 Å². The van der Waals surface area contributed by atoms with Gasteiger partial charge in [-0.05, 0) is 50.1 Å². The van der Waals surface area contributed by atoms with Crippen molar-refractivity contribution in [2.75, 3.05) is 24.6 Å². The van der Waals surface area contributed by atoms with Crippen molar-refractivity contribution in [1.82, 2.24) is 10.0 Å². The monoisotopic (exact) mass is 391 g/mol. The molecule has 2 amide bonds. The van der Waals surface area contributed by atoms with Crippen LogP contribution in [-0.2, 0) is 9.59 Å². The second-order valence-corrected chi connectivity index (χ2v) is 8.03. The molecule has 0 radical (unpaired) electrons. The average Bonchev–Trinajstić information content (AvgIpc) is 3.36. The maximum absolute atomic E-state index is 13.7. The number of hydrogen-bond donors (Lipinski definition) is 0. The van der Waals surface area contributed by atoms with Gasteiger partial charge in [-0.3, -0.25) is 9.59 Å². The Kier molecular flexibility index (Phi) is 4.22. The van der Waals surface area contributed by atoms with E-state index in [9.17, 15) is 9.59 Å². The van der Waals surface area contributed by atoms with Crippen LogP contribution >= 0.6 is 0 Å². The fourth-order valence-corrected chi connectivity index (χ4v) is 5.26. The summed E-state index contributed by atoms with van der Waals surface area (Å²) in [4.78, 5) is 28.7. The van der Waals surface area contributed by atoms with E-state index in [0.29, 0.717) is 12.3 Å². The Morgan fingerprint density at radius 1 is 1.03 bits per heavy atom. The van der Waals surface area contributed by atoms with Crippen LogP contribution in [0.25, 0.3) is 0 Å². The second-order valence-electron chi connectivity index (χ2n) is 8.03. The number of hydrazine groups is 1. The van der Waals surface area contributed by atoms with Crippen LogP contribution in [0.2, 0.25) is 0 Å². The number of hydrogen-bond acceptors (Lipinski definition) is 5. The van der Waals surface area contributed by atoms with E-state index in [1.54, 1.807) is 12.1 Å². The second kappa shape index (κ2) is 6.68. The number of anilines is 1. The first-order valence-corrected chi connectivity index (χ1v) is 10.3. The highest BCUT2D eigenvalue weighted by atomic mass is 16.5. The molecule has 0 N–H and O–H groups in total. The number of rotatable bonds is 4. The third-order valence-corrected chi connectivity index (χ3v) is 6.52. The molecular weight excluding hydrogens is 366 g/mol. The number of benzene rings is 2. The number of ether oxygens (including phenoxy) is 1. The Morgan fingerprint density at radius 2 is 1.76 bits per heavy atom. The molecule has 5 rings (SSSR count). The van der Waals surface area contributed by atoms with Crippen LogP contribution in [0.15, 0.2) is 54.6 Å². The smallest absolute Gasteiger partial charge is 0.256 e. The van der Waals surface area contributed by atoms with Crippen LogP contribution < -0.4 is 9.64 Å². The van der Waals surface area contributed by atoms with Gasteiger partial charge in [-0.15, -0.1) is 0 Å². The van der Waals surface area contributed by atoms with E-state index >= 15 is 0 Å². The molecule has 29 heavy (non-hydrogen) atoms. The van der Waals surface area contributed by atoms with Gasteiger partial charge >= 0.3 is 0 Å². The minimum Gasteiger partial charge on any atom is -0.494 e. The zero-order valence-corrected chi connectivity index (χ0v) is 16.7. The minimum absolute atomic E-state index is 0.118. The van der Waals surface area contributed by atoms with Crippen molar-refractivity contribution >= 4 is 17.5 Å². The topological polar surface area (TPSA) is 53.1 Å². The summed E-state index contributed by atoms with van der Waals surface area (Å²) in [6, 6.07) is 17.2. The number of fused-ring (bicyclic) bond motifs is 3. The van der Waals surface area contributed by atoms with Crippen LogP contribution in [0.1, 0.15) is 31.9 Å². The number of imide groups is 1. The zero-order valence-electron chi connectivity index (χ0n) is 16.7. The summed E-state index contributed by atoms with van der Waals surface area (Å²) in [6.07, 6.45) is 0.996. The van der Waals surface area contributed by atoms with Crippen molar-refractivity contribution in [3.63, 3.8) is 0 Å². The lowest BCUT2D eigenvalue weighted by atomic mass is 9.81. The van der Waals surface area contributed by atoms with E-state index in [4.69, 9.17) is 4.74 Å². The molecule has 6 heteroatoms. The Balaban J connectivity index is 1.57. The lowest BCUT2D eigenvalue weighted by molar-refractivity contribution is -0.131. The molecule has 3 heterocycles. The highest BCUT2D eigenvalue weighted by Crippen LogP contribution is 2.54. The van der Waals surface area contributed by atoms with Gasteiger partial charge in [-0.1, -0.05) is 30.3 Å². The zero-order chi connectivity index (χ0) is 20.2. The van der Waals surface area contributed by atoms with Crippen molar-refractivity contribution in [2.24, 2.45) is 5.92 Å². The predicted molar refractivity (Wildman–Crippen MR) is 109 cm³/mol. The molecule has 3 aliphatic heterocycles. The van der Waals surface area contributed by atoms with Gasteiger partial charge in [0.15, 0.2) is 0 Å². The molecule has 0 unspecified atom stereocenters. The Bertz CT molecular complexity index is 946. The Labute approximate surface area is 170 Å². The SMILES string of the molecule is CCOc1ccc(N2C(=O)[C@H]3[C@@H](c4ccccc4)N4CCCN4[C@]3(C)C2=O)cc1. The molecule has 0 bridgehead atoms. The number of carbonyl (C=O) groups is 2. The Morgan fingerprint density at radius 3 is 2.45 bits per heavy atom. The van der Waals surface area contributed by atoms with E-state index in [-0.39, 0.29) is 17.9 Å². The fourth-order valence-electron chi connectivity index (χ4n) is 5.26. The van der Waals surface area contributed by atoms with E-state index in [0.717, 1.165) is 30.8 Å². The van der Waals surface area contributed by atoms with Crippen LogP contribution in [0, 0.1) is 5.92 Å². The first-order chi connectivity index (χ1) is 14.1. The highest BCUT2D eigenvalue weighted by molar-refractivity contribution is 6.26. The molecule has 3 saturated heterocycles. The van der Waals surface area contributed by atoms with Gasteiger partial charge in [0.1, 0.15) is 11.3 Å². The van der Waals surface area contributed by atoms with Gasteiger partial charge in [0.25, 0.3) is 5.91 Å². The molecule has 0 saturated carbocycles. The van der Waals surface area contributed by atoms with Crippen LogP contribution in [-0.4, -0.2) is 47.1 Å². The summed E-state index contributed by atoms with van der Waals surface area (Å²) in [6.45, 7) is 6.11. The minimum atomic E-state index is -0.854. The molecule has 2 aromatic carbocycles. The van der Waals surface area contributed by atoms with Crippen molar-refractivity contribution in [1.29, 1.82) is 0 Å². The fraction of sp³-hybridized carbons (Fsp3) is 0.391. The van der Waals surface area contributed by atoms with Crippen molar-refractivity contribution in [2.45, 2.75) is 31.8 Å². The molecule has 2 aromatic rings. The van der Waals surface area contributed by atoms with Crippen LogP contribution in [0.5, 0.6) is 5.75 Å². The largest absolute Gasteiger partial charge is 0.494 e. The van der Waals surface area contributed by atoms with E-state index in [2.05, 4.69) is 22.2 Å². The summed E-state index contributed by atoms with van der Waals surface area (Å²) < 4.78 is 5.50. The highest BCUT2D eigenvalue weighted by Gasteiger charge is 2.70. The first-order valence-electron chi connectivity index (χ1n) is 10.3. The summed E-state index contributed by atoms with van der Waals surface area (Å²) in [5.41, 5.74) is 0.839. The van der Waals surface area contributed by atoms with Gasteiger partial charge in [-0.25, -0.2) is 14.9 Å². The lowest BCUT2D eigenvalue weighted by Crippen LogP contribution is -2.52. The first kappa shape index (κ1) is 18.3. The molecule has 150 valence electrons. The van der Waals surface area contributed by atoms with Crippen molar-refractivity contribution in [3.8, 4) is 5.75 Å². The van der Waals surface area contributed by atoms with Crippen molar-refractivity contribution < 1.29 is 14.3 Å². The predicted octanol–water partition coefficient (Wildman–Crippen LogP) is 3.01. The van der Waals surface area contributed by atoms with Gasteiger partial charge in [0.2, 0.25) is 5.91 Å². The number of amides is 2. The molecule has 3 fully saturated rings. The van der Waals surface area contributed by atoms with Gasteiger partial charge in [0.05, 0.1) is 24.3 Å². The summed E-state index contributed by atoms with van der Waals surface area (Å²) in [5.74, 6) is 0.0470. The molecule has 0 aliphatic carbocycles. The lowest BCUT2D eigenvalue weighted by Gasteiger charge is -2.33. The third-order valence-electron chi connectivity index (χ3n) is 6.52. The molecule has 3 atom stereocenters. The summed E-state index contributed by atoms with van der Waals surface area (Å²) in [5, 5.41) is 4.38. The molecule has 0 spiro atoms. The Hall–Kier alpha value is -2.70. The third kappa shape index (κ3) is 2.49. The van der Waals surface area contributed by atoms with Crippen LogP contribution in [0.3, 0.4) is 0 Å². The van der Waals surface area contributed by atoms with Gasteiger partial charge in [0, 0.05) is 13.1 Å². The van der Waals surface area contributed by atoms with Gasteiger partial charge in [-0.2, -0.15) is 0 Å². The normalized spacial score (nSPS) is 29.4. The summed E-state index contributed by atoms with van der Waals surface area (Å²) >= 11 is 0. The molecule has 6 nitrogen and oxygen atoms in total. The quantitative estimate of drug-likeness (QED) is 0.750. The van der Waals surface area contributed by atoms with E-state index in [1.807, 2.05) is 44.2 Å². The molecule has 0 aromatic heterocycles. The van der Waals surface area contributed by atoms with Crippen LogP contribution in [0.4, 0.5) is 5.69 Å². The number of nitrogens with zero attached hydrogens (tertiary/aromatic N) is 3. The standard InChI is InChI=1S/C23H25N3O3/c1-3-29-18-12-10-17(11-13-18)26-21(27)19-20(16-8-5-4-6-9-16)24-14-7-15-25(24)23(19,2)22(26)28/h4-6,8-13,19-20H,3,7,14-15H2,1-2H3/t19-,20-,23+/m1/s1. The average molecular weight is 391 g/mol. The molecule has 3 aliphatic rings.